The fourth-order valence-corrected chi connectivity index (χ4v) is 2.46. The van der Waals surface area contributed by atoms with Gasteiger partial charge in [0.05, 0.1) is 22.2 Å². The van der Waals surface area contributed by atoms with Crippen LogP contribution in [-0.4, -0.2) is 16.0 Å². The van der Waals surface area contributed by atoms with E-state index in [2.05, 4.69) is 10.3 Å². The summed E-state index contributed by atoms with van der Waals surface area (Å²) >= 11 is 12.8. The van der Waals surface area contributed by atoms with Crippen LogP contribution < -0.4 is 11.1 Å². The summed E-state index contributed by atoms with van der Waals surface area (Å²) in [6, 6.07) is 2.83. The van der Waals surface area contributed by atoms with E-state index in [1.807, 2.05) is 0 Å². The smallest absolute Gasteiger partial charge is 0.230 e. The van der Waals surface area contributed by atoms with E-state index in [1.54, 1.807) is 5.38 Å². The number of rotatable bonds is 3. The van der Waals surface area contributed by atoms with Crippen LogP contribution in [0.1, 0.15) is 5.69 Å². The first-order valence-electron chi connectivity index (χ1n) is 5.13. The quantitative estimate of drug-likeness (QED) is 0.759. The van der Waals surface area contributed by atoms with Crippen molar-refractivity contribution in [2.24, 2.45) is 0 Å². The molecule has 0 saturated heterocycles. The first-order valence-corrected chi connectivity index (χ1v) is 6.77. The Morgan fingerprint density at radius 1 is 1.42 bits per heavy atom. The number of carbonyl (C=O) groups excluding carboxylic acids is 1. The predicted octanol–water partition coefficient (Wildman–Crippen LogP) is 2.92. The summed E-state index contributed by atoms with van der Waals surface area (Å²) in [6.45, 7) is 0. The van der Waals surface area contributed by atoms with Gasteiger partial charge in [0.1, 0.15) is 0 Å². The van der Waals surface area contributed by atoms with Crippen molar-refractivity contribution in [2.75, 3.05) is 11.1 Å². The zero-order chi connectivity index (χ0) is 14.0. The molecule has 2 rings (SSSR count). The van der Waals surface area contributed by atoms with Crippen LogP contribution >= 0.6 is 34.5 Å². The van der Waals surface area contributed by atoms with Crippen LogP contribution in [0.3, 0.4) is 0 Å². The van der Waals surface area contributed by atoms with Gasteiger partial charge in [-0.3, -0.25) is 4.79 Å². The number of phenols is 1. The van der Waals surface area contributed by atoms with Gasteiger partial charge in [-0.2, -0.15) is 0 Å². The van der Waals surface area contributed by atoms with Crippen molar-refractivity contribution in [1.29, 1.82) is 0 Å². The lowest BCUT2D eigenvalue weighted by Gasteiger charge is -2.07. The number of halogens is 2. The number of nitrogens with one attached hydrogen (secondary N) is 1. The van der Waals surface area contributed by atoms with Crippen LogP contribution in [0.25, 0.3) is 0 Å². The first-order chi connectivity index (χ1) is 8.95. The fourth-order valence-electron chi connectivity index (χ4n) is 1.41. The molecule has 0 bridgehead atoms. The highest BCUT2D eigenvalue weighted by molar-refractivity contribution is 7.13. The number of hydrogen-bond donors (Lipinski definition) is 3. The molecule has 1 heterocycles. The van der Waals surface area contributed by atoms with Crippen molar-refractivity contribution in [3.05, 3.63) is 33.3 Å². The van der Waals surface area contributed by atoms with E-state index in [4.69, 9.17) is 28.9 Å². The Bertz CT molecular complexity index is 607. The highest BCUT2D eigenvalue weighted by Crippen LogP contribution is 2.34. The third-order valence-electron chi connectivity index (χ3n) is 2.21. The van der Waals surface area contributed by atoms with Crippen molar-refractivity contribution >= 4 is 51.3 Å². The topological polar surface area (TPSA) is 88.2 Å². The SMILES string of the molecule is Nc1nc(CC(=O)Nc2cc(Cl)c(O)c(Cl)c2)cs1. The molecule has 0 unspecified atom stereocenters. The van der Waals surface area contributed by atoms with E-state index < -0.39 is 0 Å². The number of phenolic OH excluding ortho intramolecular Hbond substituents is 1. The van der Waals surface area contributed by atoms with E-state index in [0.717, 1.165) is 0 Å². The maximum absolute atomic E-state index is 11.8. The Balaban J connectivity index is 2.07. The molecule has 19 heavy (non-hydrogen) atoms. The van der Waals surface area contributed by atoms with Crippen LogP contribution in [0.2, 0.25) is 10.0 Å². The van der Waals surface area contributed by atoms with Gasteiger partial charge in [-0.1, -0.05) is 23.2 Å². The average molecular weight is 318 g/mol. The van der Waals surface area contributed by atoms with Gasteiger partial charge in [-0.15, -0.1) is 11.3 Å². The van der Waals surface area contributed by atoms with Crippen molar-refractivity contribution in [3.8, 4) is 5.75 Å². The maximum Gasteiger partial charge on any atom is 0.230 e. The lowest BCUT2D eigenvalue weighted by atomic mass is 10.2. The van der Waals surface area contributed by atoms with E-state index in [1.165, 1.54) is 23.5 Å². The Hall–Kier alpha value is -1.50. The number of amides is 1. The molecule has 1 aromatic heterocycles. The number of aromatic nitrogens is 1. The molecule has 4 N–H and O–H groups in total. The van der Waals surface area contributed by atoms with Gasteiger partial charge in [-0.05, 0) is 12.1 Å². The second-order valence-electron chi connectivity index (χ2n) is 3.69. The molecule has 1 aromatic carbocycles. The number of nitrogen functional groups attached to an aromatic ring is 1. The number of anilines is 2. The Morgan fingerprint density at radius 2 is 2.05 bits per heavy atom. The largest absolute Gasteiger partial charge is 0.505 e. The summed E-state index contributed by atoms with van der Waals surface area (Å²) in [5.41, 5.74) is 6.47. The molecule has 1 amide bonds. The molecule has 0 aliphatic carbocycles. The van der Waals surface area contributed by atoms with Crippen molar-refractivity contribution in [3.63, 3.8) is 0 Å². The van der Waals surface area contributed by atoms with Gasteiger partial charge in [0, 0.05) is 11.1 Å². The summed E-state index contributed by atoms with van der Waals surface area (Å²) in [5.74, 6) is -0.489. The lowest BCUT2D eigenvalue weighted by Crippen LogP contribution is -2.14. The van der Waals surface area contributed by atoms with Crippen LogP contribution in [0.5, 0.6) is 5.75 Å². The molecule has 2 aromatic rings. The summed E-state index contributed by atoms with van der Waals surface area (Å²) in [7, 11) is 0. The molecule has 0 atom stereocenters. The minimum Gasteiger partial charge on any atom is -0.505 e. The number of nitrogens with two attached hydrogens (primary N) is 1. The van der Waals surface area contributed by atoms with E-state index in [-0.39, 0.29) is 28.1 Å². The van der Waals surface area contributed by atoms with E-state index in [9.17, 15) is 9.90 Å². The molecule has 0 radical (unpaired) electrons. The summed E-state index contributed by atoms with van der Waals surface area (Å²) in [6.07, 6.45) is 0.101. The number of nitrogens with zero attached hydrogens (tertiary/aromatic N) is 1. The molecule has 0 fully saturated rings. The molecule has 0 aliphatic rings. The van der Waals surface area contributed by atoms with Crippen molar-refractivity contribution in [2.45, 2.75) is 6.42 Å². The second kappa shape index (κ2) is 5.64. The normalized spacial score (nSPS) is 10.4. The Labute approximate surface area is 123 Å². The number of benzene rings is 1. The van der Waals surface area contributed by atoms with E-state index >= 15 is 0 Å². The molecule has 0 spiro atoms. The van der Waals surface area contributed by atoms with Gasteiger partial charge in [0.25, 0.3) is 0 Å². The third kappa shape index (κ3) is 3.50. The molecule has 0 saturated carbocycles. The Morgan fingerprint density at radius 3 is 2.58 bits per heavy atom. The highest BCUT2D eigenvalue weighted by Gasteiger charge is 2.10. The summed E-state index contributed by atoms with van der Waals surface area (Å²) in [5, 5.41) is 14.3. The first kappa shape index (κ1) is 13.9. The van der Waals surface area contributed by atoms with Crippen LogP contribution in [0.4, 0.5) is 10.8 Å². The highest BCUT2D eigenvalue weighted by atomic mass is 35.5. The number of aromatic hydroxyl groups is 1. The molecular weight excluding hydrogens is 309 g/mol. The maximum atomic E-state index is 11.8. The lowest BCUT2D eigenvalue weighted by molar-refractivity contribution is -0.115. The monoisotopic (exact) mass is 317 g/mol. The molecule has 8 heteroatoms. The predicted molar refractivity (Wildman–Crippen MR) is 77.0 cm³/mol. The minimum absolute atomic E-state index is 0.0701. The molecule has 5 nitrogen and oxygen atoms in total. The van der Waals surface area contributed by atoms with Crippen LogP contribution in [0, 0.1) is 0 Å². The minimum atomic E-state index is -0.275. The van der Waals surface area contributed by atoms with Gasteiger partial charge >= 0.3 is 0 Å². The average Bonchev–Trinajstić information content (AvgIpc) is 2.71. The van der Waals surface area contributed by atoms with Crippen LogP contribution in [-0.2, 0) is 11.2 Å². The van der Waals surface area contributed by atoms with Crippen LogP contribution in [0.15, 0.2) is 17.5 Å². The second-order valence-corrected chi connectivity index (χ2v) is 5.39. The molecule has 100 valence electrons. The zero-order valence-corrected chi connectivity index (χ0v) is 11.8. The summed E-state index contributed by atoms with van der Waals surface area (Å²) in [4.78, 5) is 15.7. The standard InChI is InChI=1S/C11H9Cl2N3O2S/c12-7-1-5(2-8(13)10(7)18)15-9(17)3-6-4-19-11(14)16-6/h1-2,4,18H,3H2,(H2,14,16)(H,15,17). The van der Waals surface area contributed by atoms with E-state index in [0.29, 0.717) is 16.5 Å². The van der Waals surface area contributed by atoms with Crippen molar-refractivity contribution < 1.29 is 9.90 Å². The summed E-state index contributed by atoms with van der Waals surface area (Å²) < 4.78 is 0. The number of hydrogen-bond acceptors (Lipinski definition) is 5. The molecule has 0 aliphatic heterocycles. The third-order valence-corrected chi connectivity index (χ3v) is 3.51. The zero-order valence-electron chi connectivity index (χ0n) is 9.48. The van der Waals surface area contributed by atoms with Gasteiger partial charge in [-0.25, -0.2) is 4.98 Å². The van der Waals surface area contributed by atoms with Gasteiger partial charge in [0.15, 0.2) is 10.9 Å². The number of carbonyl (C=O) groups is 1. The Kier molecular flexibility index (Phi) is 4.14. The molecular formula is C11H9Cl2N3O2S. The fraction of sp³-hybridized carbons (Fsp3) is 0.0909. The van der Waals surface area contributed by atoms with Crippen molar-refractivity contribution in [1.82, 2.24) is 4.98 Å². The van der Waals surface area contributed by atoms with Gasteiger partial charge in [0.2, 0.25) is 5.91 Å². The van der Waals surface area contributed by atoms with Gasteiger partial charge < -0.3 is 16.2 Å². The number of thiazole rings is 1.